The number of aryl methyl sites for hydroxylation is 1. The second kappa shape index (κ2) is 5.53. The highest BCUT2D eigenvalue weighted by Gasteiger charge is 2.06. The van der Waals surface area contributed by atoms with Crippen LogP contribution in [0, 0.1) is 6.92 Å². The van der Waals surface area contributed by atoms with E-state index in [1.165, 1.54) is 5.56 Å². The van der Waals surface area contributed by atoms with Crippen molar-refractivity contribution >= 4 is 15.9 Å². The topological polar surface area (TPSA) is 22.1 Å². The SMILES string of the molecule is Cc1ccc(C(C)C)cc1Oc1cncc(Br)c1. The van der Waals surface area contributed by atoms with Gasteiger partial charge < -0.3 is 4.74 Å². The lowest BCUT2D eigenvalue weighted by Crippen LogP contribution is -1.92. The molecule has 3 heteroatoms. The van der Waals surface area contributed by atoms with Crippen LogP contribution in [-0.2, 0) is 0 Å². The van der Waals surface area contributed by atoms with Gasteiger partial charge in [-0.2, -0.15) is 0 Å². The smallest absolute Gasteiger partial charge is 0.146 e. The molecule has 1 aromatic carbocycles. The largest absolute Gasteiger partial charge is 0.455 e. The van der Waals surface area contributed by atoms with Gasteiger partial charge in [-0.25, -0.2) is 0 Å². The molecule has 0 saturated carbocycles. The first kappa shape index (κ1) is 13.1. The molecule has 0 N–H and O–H groups in total. The Balaban J connectivity index is 2.30. The van der Waals surface area contributed by atoms with E-state index in [0.29, 0.717) is 5.92 Å². The summed E-state index contributed by atoms with van der Waals surface area (Å²) < 4.78 is 6.80. The van der Waals surface area contributed by atoms with Crippen LogP contribution in [0.4, 0.5) is 0 Å². The molecule has 0 saturated heterocycles. The molecule has 0 amide bonds. The number of pyridine rings is 1. The van der Waals surface area contributed by atoms with Crippen molar-refractivity contribution in [2.24, 2.45) is 0 Å². The van der Waals surface area contributed by atoms with Gasteiger partial charge in [0.15, 0.2) is 0 Å². The molecule has 18 heavy (non-hydrogen) atoms. The van der Waals surface area contributed by atoms with E-state index >= 15 is 0 Å². The molecular weight excluding hydrogens is 290 g/mol. The number of hydrogen-bond donors (Lipinski definition) is 0. The standard InChI is InChI=1S/C15H16BrNO/c1-10(2)12-5-4-11(3)15(6-12)18-14-7-13(16)8-17-9-14/h4-10H,1-3H3. The summed E-state index contributed by atoms with van der Waals surface area (Å²) in [6, 6.07) is 8.25. The predicted octanol–water partition coefficient (Wildman–Crippen LogP) is 5.07. The quantitative estimate of drug-likeness (QED) is 0.790. The van der Waals surface area contributed by atoms with Crippen LogP contribution in [0.15, 0.2) is 41.1 Å². The molecule has 2 rings (SSSR count). The number of aromatic nitrogens is 1. The normalized spacial score (nSPS) is 10.7. The molecule has 0 aliphatic rings. The van der Waals surface area contributed by atoms with Gasteiger partial charge in [0.1, 0.15) is 11.5 Å². The van der Waals surface area contributed by atoms with Gasteiger partial charge in [0.2, 0.25) is 0 Å². The molecular formula is C15H16BrNO. The average Bonchev–Trinajstić information content (AvgIpc) is 2.31. The van der Waals surface area contributed by atoms with E-state index in [2.05, 4.69) is 53.0 Å². The second-order valence-corrected chi connectivity index (χ2v) is 5.54. The summed E-state index contributed by atoms with van der Waals surface area (Å²) >= 11 is 3.39. The van der Waals surface area contributed by atoms with Crippen LogP contribution >= 0.6 is 15.9 Å². The summed E-state index contributed by atoms with van der Waals surface area (Å²) in [5.74, 6) is 2.13. The maximum Gasteiger partial charge on any atom is 0.146 e. The lowest BCUT2D eigenvalue weighted by molar-refractivity contribution is 0.475. The number of benzene rings is 1. The molecule has 1 heterocycles. The third-order valence-electron chi connectivity index (χ3n) is 2.79. The molecule has 0 radical (unpaired) electrons. The van der Waals surface area contributed by atoms with Crippen LogP contribution in [0.2, 0.25) is 0 Å². The van der Waals surface area contributed by atoms with E-state index in [4.69, 9.17) is 4.74 Å². The van der Waals surface area contributed by atoms with Gasteiger partial charge in [0, 0.05) is 10.7 Å². The lowest BCUT2D eigenvalue weighted by atomic mass is 10.0. The summed E-state index contributed by atoms with van der Waals surface area (Å²) in [6.07, 6.45) is 3.45. The minimum absolute atomic E-state index is 0.494. The Hall–Kier alpha value is -1.35. The highest BCUT2D eigenvalue weighted by molar-refractivity contribution is 9.10. The Morgan fingerprint density at radius 3 is 2.61 bits per heavy atom. The Morgan fingerprint density at radius 2 is 1.94 bits per heavy atom. The summed E-state index contributed by atoms with van der Waals surface area (Å²) in [4.78, 5) is 4.10. The molecule has 0 fully saturated rings. The minimum Gasteiger partial charge on any atom is -0.455 e. The van der Waals surface area contributed by atoms with Crippen molar-refractivity contribution in [1.82, 2.24) is 4.98 Å². The molecule has 2 nitrogen and oxygen atoms in total. The minimum atomic E-state index is 0.494. The maximum atomic E-state index is 5.89. The van der Waals surface area contributed by atoms with Crippen LogP contribution in [0.25, 0.3) is 0 Å². The Kier molecular flexibility index (Phi) is 4.02. The number of hydrogen-bond acceptors (Lipinski definition) is 2. The number of halogens is 1. The van der Waals surface area contributed by atoms with Crippen LogP contribution in [0.5, 0.6) is 11.5 Å². The molecule has 0 unspecified atom stereocenters. The fraction of sp³-hybridized carbons (Fsp3) is 0.267. The fourth-order valence-corrected chi connectivity index (χ4v) is 2.00. The van der Waals surface area contributed by atoms with Crippen LogP contribution in [-0.4, -0.2) is 4.98 Å². The van der Waals surface area contributed by atoms with E-state index in [1.807, 2.05) is 13.0 Å². The molecule has 94 valence electrons. The summed E-state index contributed by atoms with van der Waals surface area (Å²) in [6.45, 7) is 6.40. The van der Waals surface area contributed by atoms with Gasteiger partial charge in [0.05, 0.1) is 6.20 Å². The summed E-state index contributed by atoms with van der Waals surface area (Å²) in [5.41, 5.74) is 2.40. The van der Waals surface area contributed by atoms with Gasteiger partial charge in [-0.1, -0.05) is 26.0 Å². The number of rotatable bonds is 3. The zero-order valence-corrected chi connectivity index (χ0v) is 12.4. The molecule has 0 atom stereocenters. The summed E-state index contributed by atoms with van der Waals surface area (Å²) in [5, 5.41) is 0. The van der Waals surface area contributed by atoms with Gasteiger partial charge in [-0.05, 0) is 52.0 Å². The number of nitrogens with zero attached hydrogens (tertiary/aromatic N) is 1. The molecule has 1 aromatic heterocycles. The van der Waals surface area contributed by atoms with Crippen molar-refractivity contribution in [3.8, 4) is 11.5 Å². The molecule has 0 aliphatic carbocycles. The van der Waals surface area contributed by atoms with Crippen LogP contribution in [0.1, 0.15) is 30.9 Å². The average molecular weight is 306 g/mol. The lowest BCUT2D eigenvalue weighted by Gasteiger charge is -2.12. The monoisotopic (exact) mass is 305 g/mol. The summed E-state index contributed by atoms with van der Waals surface area (Å²) in [7, 11) is 0. The zero-order chi connectivity index (χ0) is 13.1. The van der Waals surface area contributed by atoms with E-state index in [9.17, 15) is 0 Å². The van der Waals surface area contributed by atoms with Crippen molar-refractivity contribution in [2.45, 2.75) is 26.7 Å². The van der Waals surface area contributed by atoms with Gasteiger partial charge in [0.25, 0.3) is 0 Å². The van der Waals surface area contributed by atoms with Crippen LogP contribution < -0.4 is 4.74 Å². The van der Waals surface area contributed by atoms with E-state index in [-0.39, 0.29) is 0 Å². The molecule has 2 aromatic rings. The van der Waals surface area contributed by atoms with Crippen molar-refractivity contribution in [3.63, 3.8) is 0 Å². The second-order valence-electron chi connectivity index (χ2n) is 4.62. The van der Waals surface area contributed by atoms with Crippen molar-refractivity contribution in [3.05, 3.63) is 52.3 Å². The van der Waals surface area contributed by atoms with Gasteiger partial charge >= 0.3 is 0 Å². The molecule has 0 aliphatic heterocycles. The Bertz CT molecular complexity index is 552. The zero-order valence-electron chi connectivity index (χ0n) is 10.8. The Morgan fingerprint density at radius 1 is 1.17 bits per heavy atom. The predicted molar refractivity (Wildman–Crippen MR) is 77.3 cm³/mol. The van der Waals surface area contributed by atoms with Gasteiger partial charge in [-0.15, -0.1) is 0 Å². The number of ether oxygens (including phenoxy) is 1. The molecule has 0 spiro atoms. The van der Waals surface area contributed by atoms with E-state index in [1.54, 1.807) is 12.4 Å². The molecule has 0 bridgehead atoms. The third kappa shape index (κ3) is 3.10. The van der Waals surface area contributed by atoms with Crippen LogP contribution in [0.3, 0.4) is 0 Å². The van der Waals surface area contributed by atoms with Crippen molar-refractivity contribution < 1.29 is 4.74 Å². The van der Waals surface area contributed by atoms with E-state index in [0.717, 1.165) is 21.5 Å². The Labute approximate surface area is 116 Å². The maximum absolute atomic E-state index is 5.89. The first-order valence-electron chi connectivity index (χ1n) is 5.95. The third-order valence-corrected chi connectivity index (χ3v) is 3.22. The van der Waals surface area contributed by atoms with Crippen molar-refractivity contribution in [1.29, 1.82) is 0 Å². The highest BCUT2D eigenvalue weighted by Crippen LogP contribution is 2.29. The first-order chi connectivity index (χ1) is 8.56. The first-order valence-corrected chi connectivity index (χ1v) is 6.74. The highest BCUT2D eigenvalue weighted by atomic mass is 79.9. The fourth-order valence-electron chi connectivity index (χ4n) is 1.66. The van der Waals surface area contributed by atoms with E-state index < -0.39 is 0 Å². The van der Waals surface area contributed by atoms with Gasteiger partial charge in [-0.3, -0.25) is 4.98 Å². The van der Waals surface area contributed by atoms with Crippen molar-refractivity contribution in [2.75, 3.05) is 0 Å².